The first kappa shape index (κ1) is 10.4. The zero-order valence-electron chi connectivity index (χ0n) is 8.84. The molecule has 2 rings (SSSR count). The normalized spacial score (nSPS) is 31.9. The Labute approximate surface area is 85.9 Å². The van der Waals surface area contributed by atoms with E-state index in [0.29, 0.717) is 5.41 Å². The molecule has 2 N–H and O–H groups in total. The third kappa shape index (κ3) is 1.95. The van der Waals surface area contributed by atoms with Crippen LogP contribution in [0, 0.1) is 11.3 Å². The molecular weight excluding hydrogens is 178 g/mol. The van der Waals surface area contributed by atoms with Crippen molar-refractivity contribution in [1.82, 2.24) is 0 Å². The van der Waals surface area contributed by atoms with Gasteiger partial charge >= 0.3 is 0 Å². The average molecular weight is 199 g/mol. The maximum absolute atomic E-state index is 5.68. The molecule has 0 amide bonds. The summed E-state index contributed by atoms with van der Waals surface area (Å²) in [5.74, 6) is 0.769. The van der Waals surface area contributed by atoms with E-state index >= 15 is 0 Å². The molecule has 2 heterocycles. The molecule has 0 aromatic rings. The highest BCUT2D eigenvalue weighted by Crippen LogP contribution is 2.44. The zero-order valence-corrected chi connectivity index (χ0v) is 8.84. The average Bonchev–Trinajstić information content (AvgIpc) is 2.23. The molecule has 0 aromatic carbocycles. The summed E-state index contributed by atoms with van der Waals surface area (Å²) >= 11 is 0. The Bertz CT molecular complexity index is 168. The van der Waals surface area contributed by atoms with E-state index in [1.807, 2.05) is 0 Å². The van der Waals surface area contributed by atoms with E-state index in [9.17, 15) is 0 Å². The molecule has 2 aliphatic rings. The largest absolute Gasteiger partial charge is 0.381 e. The summed E-state index contributed by atoms with van der Waals surface area (Å²) < 4.78 is 11.1. The molecule has 0 radical (unpaired) electrons. The van der Waals surface area contributed by atoms with Crippen molar-refractivity contribution in [2.45, 2.75) is 25.7 Å². The maximum Gasteiger partial charge on any atom is 0.0526 e. The van der Waals surface area contributed by atoms with Gasteiger partial charge in [-0.05, 0) is 38.1 Å². The van der Waals surface area contributed by atoms with Gasteiger partial charge in [-0.2, -0.15) is 0 Å². The van der Waals surface area contributed by atoms with Gasteiger partial charge in [-0.25, -0.2) is 0 Å². The van der Waals surface area contributed by atoms with Crippen molar-refractivity contribution in [3.05, 3.63) is 0 Å². The van der Waals surface area contributed by atoms with Crippen molar-refractivity contribution in [1.29, 1.82) is 0 Å². The summed E-state index contributed by atoms with van der Waals surface area (Å²) in [7, 11) is 0. The summed E-state index contributed by atoms with van der Waals surface area (Å²) in [4.78, 5) is 0. The molecule has 3 nitrogen and oxygen atoms in total. The Hall–Kier alpha value is -0.120. The smallest absolute Gasteiger partial charge is 0.0526 e. The van der Waals surface area contributed by atoms with Gasteiger partial charge < -0.3 is 15.2 Å². The van der Waals surface area contributed by atoms with Crippen LogP contribution in [0.5, 0.6) is 0 Å². The fraction of sp³-hybridized carbons (Fsp3) is 1.00. The Morgan fingerprint density at radius 3 is 2.64 bits per heavy atom. The lowest BCUT2D eigenvalue weighted by atomic mass is 9.67. The van der Waals surface area contributed by atoms with Crippen LogP contribution in [0.1, 0.15) is 25.7 Å². The Balaban J connectivity index is 2.02. The van der Waals surface area contributed by atoms with Gasteiger partial charge in [0.25, 0.3) is 0 Å². The second kappa shape index (κ2) is 4.60. The third-order valence-electron chi connectivity index (χ3n) is 3.87. The van der Waals surface area contributed by atoms with Crippen LogP contribution in [0.3, 0.4) is 0 Å². The fourth-order valence-electron chi connectivity index (χ4n) is 2.91. The molecule has 82 valence electrons. The summed E-state index contributed by atoms with van der Waals surface area (Å²) in [6.45, 7) is 4.48. The predicted octanol–water partition coefficient (Wildman–Crippen LogP) is 1.17. The van der Waals surface area contributed by atoms with Crippen LogP contribution >= 0.6 is 0 Å². The Kier molecular flexibility index (Phi) is 3.42. The van der Waals surface area contributed by atoms with Crippen LogP contribution in [-0.2, 0) is 9.47 Å². The van der Waals surface area contributed by atoms with Gasteiger partial charge in [0.2, 0.25) is 0 Å². The topological polar surface area (TPSA) is 44.5 Å². The molecule has 1 unspecified atom stereocenters. The molecule has 3 heteroatoms. The Morgan fingerprint density at radius 2 is 1.93 bits per heavy atom. The highest BCUT2D eigenvalue weighted by Gasteiger charge is 2.41. The molecule has 14 heavy (non-hydrogen) atoms. The van der Waals surface area contributed by atoms with E-state index in [4.69, 9.17) is 15.2 Å². The van der Waals surface area contributed by atoms with Crippen LogP contribution < -0.4 is 5.73 Å². The first-order chi connectivity index (χ1) is 6.87. The molecule has 2 saturated heterocycles. The van der Waals surface area contributed by atoms with Crippen LogP contribution in [0.4, 0.5) is 0 Å². The molecule has 0 bridgehead atoms. The first-order valence-corrected chi connectivity index (χ1v) is 5.73. The van der Waals surface area contributed by atoms with Gasteiger partial charge in [0.1, 0.15) is 0 Å². The highest BCUT2D eigenvalue weighted by atomic mass is 16.5. The van der Waals surface area contributed by atoms with Gasteiger partial charge in [0.05, 0.1) is 6.61 Å². The van der Waals surface area contributed by atoms with E-state index in [0.717, 1.165) is 58.2 Å². The van der Waals surface area contributed by atoms with Gasteiger partial charge in [-0.3, -0.25) is 0 Å². The SMILES string of the molecule is NCCC1CCOCC12CCOCC2. The number of ether oxygens (including phenoxy) is 2. The molecule has 0 saturated carbocycles. The third-order valence-corrected chi connectivity index (χ3v) is 3.87. The number of rotatable bonds is 2. The van der Waals surface area contributed by atoms with Crippen LogP contribution in [0.15, 0.2) is 0 Å². The fourth-order valence-corrected chi connectivity index (χ4v) is 2.91. The lowest BCUT2D eigenvalue weighted by Gasteiger charge is -2.46. The number of hydrogen-bond acceptors (Lipinski definition) is 3. The molecule has 1 spiro atoms. The van der Waals surface area contributed by atoms with Gasteiger partial charge in [0.15, 0.2) is 0 Å². The summed E-state index contributed by atoms with van der Waals surface area (Å²) in [6.07, 6.45) is 4.68. The molecule has 1 atom stereocenters. The monoisotopic (exact) mass is 199 g/mol. The predicted molar refractivity (Wildman–Crippen MR) is 55.1 cm³/mol. The van der Waals surface area contributed by atoms with E-state index in [1.165, 1.54) is 6.42 Å². The van der Waals surface area contributed by atoms with Crippen molar-refractivity contribution in [2.24, 2.45) is 17.1 Å². The van der Waals surface area contributed by atoms with E-state index in [1.54, 1.807) is 0 Å². The van der Waals surface area contributed by atoms with Crippen molar-refractivity contribution in [2.75, 3.05) is 33.0 Å². The van der Waals surface area contributed by atoms with Gasteiger partial charge in [-0.15, -0.1) is 0 Å². The molecule has 2 aliphatic heterocycles. The van der Waals surface area contributed by atoms with Crippen molar-refractivity contribution >= 4 is 0 Å². The van der Waals surface area contributed by atoms with Crippen molar-refractivity contribution in [3.63, 3.8) is 0 Å². The second-order valence-electron chi connectivity index (χ2n) is 4.59. The van der Waals surface area contributed by atoms with Crippen molar-refractivity contribution < 1.29 is 9.47 Å². The number of nitrogens with two attached hydrogens (primary N) is 1. The van der Waals surface area contributed by atoms with Gasteiger partial charge in [-0.1, -0.05) is 0 Å². The lowest BCUT2D eigenvalue weighted by Crippen LogP contribution is -2.45. The standard InChI is InChI=1S/C11H21NO2/c12-5-1-10-2-6-14-9-11(10)3-7-13-8-4-11/h10H,1-9,12H2. The Morgan fingerprint density at radius 1 is 1.14 bits per heavy atom. The quantitative estimate of drug-likeness (QED) is 0.726. The van der Waals surface area contributed by atoms with E-state index < -0.39 is 0 Å². The minimum atomic E-state index is 0.399. The maximum atomic E-state index is 5.68. The lowest BCUT2D eigenvalue weighted by molar-refractivity contribution is -0.109. The second-order valence-corrected chi connectivity index (χ2v) is 4.59. The first-order valence-electron chi connectivity index (χ1n) is 5.73. The van der Waals surface area contributed by atoms with Crippen LogP contribution in [0.25, 0.3) is 0 Å². The van der Waals surface area contributed by atoms with E-state index in [-0.39, 0.29) is 0 Å². The van der Waals surface area contributed by atoms with Gasteiger partial charge in [0, 0.05) is 25.2 Å². The minimum Gasteiger partial charge on any atom is -0.381 e. The minimum absolute atomic E-state index is 0.399. The van der Waals surface area contributed by atoms with E-state index in [2.05, 4.69) is 0 Å². The van der Waals surface area contributed by atoms with Crippen LogP contribution in [0.2, 0.25) is 0 Å². The number of hydrogen-bond donors (Lipinski definition) is 1. The molecular formula is C11H21NO2. The van der Waals surface area contributed by atoms with Crippen molar-refractivity contribution in [3.8, 4) is 0 Å². The molecule has 0 aliphatic carbocycles. The molecule has 0 aromatic heterocycles. The van der Waals surface area contributed by atoms with Crippen LogP contribution in [-0.4, -0.2) is 33.0 Å². The molecule has 2 fully saturated rings. The summed E-state index contributed by atoms with van der Waals surface area (Å²) in [6, 6.07) is 0. The summed E-state index contributed by atoms with van der Waals surface area (Å²) in [5, 5.41) is 0. The zero-order chi connectivity index (χ0) is 9.86. The highest BCUT2D eigenvalue weighted by molar-refractivity contribution is 4.90. The summed E-state index contributed by atoms with van der Waals surface area (Å²) in [5.41, 5.74) is 6.08.